The molecule has 1 saturated heterocycles. The fourth-order valence-electron chi connectivity index (χ4n) is 3.77. The number of carbonyl (C=O) groups excluding carboxylic acids is 1. The first-order valence-electron chi connectivity index (χ1n) is 10.7. The van der Waals surface area contributed by atoms with Gasteiger partial charge in [-0.3, -0.25) is 9.88 Å². The summed E-state index contributed by atoms with van der Waals surface area (Å²) in [6, 6.07) is 13.7. The third-order valence-electron chi connectivity index (χ3n) is 5.53. The molecule has 1 amide bonds. The average molecular weight is 420 g/mol. The van der Waals surface area contributed by atoms with Crippen molar-refractivity contribution in [3.05, 3.63) is 77.6 Å². The zero-order valence-electron chi connectivity index (χ0n) is 18.2. The van der Waals surface area contributed by atoms with Crippen LogP contribution in [-0.4, -0.2) is 63.2 Å². The van der Waals surface area contributed by atoms with Gasteiger partial charge in [0.1, 0.15) is 5.75 Å². The number of ether oxygens (including phenoxy) is 1. The highest BCUT2D eigenvalue weighted by Crippen LogP contribution is 2.16. The molecule has 1 aliphatic heterocycles. The van der Waals surface area contributed by atoms with Crippen LogP contribution in [0.25, 0.3) is 0 Å². The summed E-state index contributed by atoms with van der Waals surface area (Å²) in [6.07, 6.45) is 5.29. The van der Waals surface area contributed by atoms with Gasteiger partial charge in [0.25, 0.3) is 0 Å². The first-order valence-corrected chi connectivity index (χ1v) is 10.7. The molecule has 0 atom stereocenters. The van der Waals surface area contributed by atoms with Gasteiger partial charge in [0.05, 0.1) is 12.0 Å². The van der Waals surface area contributed by atoms with E-state index in [0.29, 0.717) is 18.8 Å². The molecule has 0 unspecified atom stereocenters. The van der Waals surface area contributed by atoms with Crippen molar-refractivity contribution in [2.75, 3.05) is 32.7 Å². The molecule has 3 heterocycles. The van der Waals surface area contributed by atoms with Gasteiger partial charge in [-0.05, 0) is 36.8 Å². The lowest BCUT2D eigenvalue weighted by atomic mass is 10.1. The van der Waals surface area contributed by atoms with Crippen LogP contribution >= 0.6 is 0 Å². The summed E-state index contributed by atoms with van der Waals surface area (Å²) in [5, 5.41) is 0. The SMILES string of the molecule is Cc1cccc(Cc2ccc(OC(=O)N3CCN(CCc4cn(C)cn4)CC3)cc2)n1. The highest BCUT2D eigenvalue weighted by Gasteiger charge is 2.22. The minimum atomic E-state index is -0.280. The van der Waals surface area contributed by atoms with Crippen LogP contribution in [0.15, 0.2) is 55.0 Å². The van der Waals surface area contributed by atoms with Gasteiger partial charge in [-0.1, -0.05) is 18.2 Å². The predicted molar refractivity (Wildman–Crippen MR) is 119 cm³/mol. The fraction of sp³-hybridized carbons (Fsp3) is 0.375. The van der Waals surface area contributed by atoms with Gasteiger partial charge in [0, 0.05) is 70.2 Å². The van der Waals surface area contributed by atoms with Crippen LogP contribution in [-0.2, 0) is 19.9 Å². The minimum absolute atomic E-state index is 0.280. The molecule has 7 nitrogen and oxygen atoms in total. The van der Waals surface area contributed by atoms with E-state index in [1.54, 1.807) is 4.90 Å². The third kappa shape index (κ3) is 5.92. The zero-order chi connectivity index (χ0) is 21.6. The molecule has 1 aromatic carbocycles. The van der Waals surface area contributed by atoms with Crippen LogP contribution in [0, 0.1) is 6.92 Å². The van der Waals surface area contributed by atoms with E-state index >= 15 is 0 Å². The van der Waals surface area contributed by atoms with Crippen LogP contribution in [0.4, 0.5) is 4.79 Å². The number of hydrogen-bond acceptors (Lipinski definition) is 5. The molecule has 1 aliphatic rings. The van der Waals surface area contributed by atoms with Crippen molar-refractivity contribution in [3.8, 4) is 5.75 Å². The van der Waals surface area contributed by atoms with Gasteiger partial charge in [-0.2, -0.15) is 0 Å². The quantitative estimate of drug-likeness (QED) is 0.614. The van der Waals surface area contributed by atoms with Gasteiger partial charge in [0.2, 0.25) is 0 Å². The number of rotatable bonds is 6. The summed E-state index contributed by atoms with van der Waals surface area (Å²) in [7, 11) is 1.98. The zero-order valence-corrected chi connectivity index (χ0v) is 18.2. The molecule has 0 N–H and O–H groups in total. The monoisotopic (exact) mass is 419 g/mol. The van der Waals surface area contributed by atoms with Crippen molar-refractivity contribution >= 4 is 6.09 Å². The molecule has 4 rings (SSSR count). The Hall–Kier alpha value is -3.19. The number of aromatic nitrogens is 3. The Bertz CT molecular complexity index is 1010. The van der Waals surface area contributed by atoms with Crippen molar-refractivity contribution in [2.45, 2.75) is 19.8 Å². The lowest BCUT2D eigenvalue weighted by Gasteiger charge is -2.33. The fourth-order valence-corrected chi connectivity index (χ4v) is 3.77. The molecule has 162 valence electrons. The molecular formula is C24H29N5O2. The maximum Gasteiger partial charge on any atom is 0.415 e. The minimum Gasteiger partial charge on any atom is -0.410 e. The Kier molecular flexibility index (Phi) is 6.62. The molecule has 2 aromatic heterocycles. The van der Waals surface area contributed by atoms with Gasteiger partial charge >= 0.3 is 6.09 Å². The number of pyridine rings is 1. The summed E-state index contributed by atoms with van der Waals surface area (Å²) in [6.45, 7) is 6.01. The average Bonchev–Trinajstić information content (AvgIpc) is 3.19. The summed E-state index contributed by atoms with van der Waals surface area (Å²) in [4.78, 5) is 25.6. The standard InChI is InChI=1S/C24H29N5O2/c1-19-4-3-5-21(26-19)16-20-6-8-23(9-7-20)31-24(30)29-14-12-28(13-15-29)11-10-22-17-27(2)18-25-22/h3-9,17-18H,10-16H2,1-2H3. The number of benzene rings is 1. The molecule has 0 saturated carbocycles. The molecule has 0 radical (unpaired) electrons. The van der Waals surface area contributed by atoms with Crippen LogP contribution in [0.3, 0.4) is 0 Å². The van der Waals surface area contributed by atoms with Crippen molar-refractivity contribution in [2.24, 2.45) is 7.05 Å². The topological polar surface area (TPSA) is 63.5 Å². The van der Waals surface area contributed by atoms with Crippen molar-refractivity contribution in [3.63, 3.8) is 0 Å². The number of carbonyl (C=O) groups is 1. The second-order valence-electron chi connectivity index (χ2n) is 8.07. The maximum atomic E-state index is 12.5. The smallest absolute Gasteiger partial charge is 0.410 e. The van der Waals surface area contributed by atoms with Crippen LogP contribution in [0.5, 0.6) is 5.75 Å². The van der Waals surface area contributed by atoms with Gasteiger partial charge in [0.15, 0.2) is 0 Å². The van der Waals surface area contributed by atoms with Crippen molar-refractivity contribution < 1.29 is 9.53 Å². The number of imidazole rings is 1. The molecule has 0 spiro atoms. The van der Waals surface area contributed by atoms with Crippen LogP contribution in [0.1, 0.15) is 22.6 Å². The molecule has 31 heavy (non-hydrogen) atoms. The van der Waals surface area contributed by atoms with E-state index in [9.17, 15) is 4.79 Å². The largest absolute Gasteiger partial charge is 0.415 e. The lowest BCUT2D eigenvalue weighted by Crippen LogP contribution is -2.49. The normalized spacial score (nSPS) is 14.6. The van der Waals surface area contributed by atoms with E-state index in [0.717, 1.165) is 55.1 Å². The Balaban J connectivity index is 1.22. The summed E-state index contributed by atoms with van der Waals surface area (Å²) < 4.78 is 7.55. The number of aryl methyl sites for hydroxylation is 2. The second kappa shape index (κ2) is 9.75. The first kappa shape index (κ1) is 21.1. The van der Waals surface area contributed by atoms with E-state index in [4.69, 9.17) is 4.74 Å². The van der Waals surface area contributed by atoms with E-state index in [2.05, 4.69) is 21.1 Å². The Morgan fingerprint density at radius 3 is 2.48 bits per heavy atom. The van der Waals surface area contributed by atoms with Gasteiger partial charge in [-0.15, -0.1) is 0 Å². The molecular weight excluding hydrogens is 390 g/mol. The number of piperazine rings is 1. The highest BCUT2D eigenvalue weighted by atomic mass is 16.6. The van der Waals surface area contributed by atoms with Gasteiger partial charge in [-0.25, -0.2) is 9.78 Å². The van der Waals surface area contributed by atoms with E-state index in [1.165, 1.54) is 0 Å². The Morgan fingerprint density at radius 2 is 1.81 bits per heavy atom. The second-order valence-corrected chi connectivity index (χ2v) is 8.07. The van der Waals surface area contributed by atoms with Crippen LogP contribution < -0.4 is 4.74 Å². The highest BCUT2D eigenvalue weighted by molar-refractivity contribution is 5.70. The van der Waals surface area contributed by atoms with E-state index in [1.807, 2.05) is 67.3 Å². The maximum absolute atomic E-state index is 12.5. The van der Waals surface area contributed by atoms with Crippen LogP contribution in [0.2, 0.25) is 0 Å². The molecule has 0 aliphatic carbocycles. The Labute approximate surface area is 183 Å². The molecule has 7 heteroatoms. The number of hydrogen-bond donors (Lipinski definition) is 0. The summed E-state index contributed by atoms with van der Waals surface area (Å²) >= 11 is 0. The van der Waals surface area contributed by atoms with Crippen molar-refractivity contribution in [1.82, 2.24) is 24.3 Å². The number of nitrogens with zero attached hydrogens (tertiary/aromatic N) is 5. The predicted octanol–water partition coefficient (Wildman–Crippen LogP) is 3.07. The summed E-state index contributed by atoms with van der Waals surface area (Å²) in [5.41, 5.74) is 4.29. The Morgan fingerprint density at radius 1 is 1.03 bits per heavy atom. The number of amides is 1. The van der Waals surface area contributed by atoms with Crippen molar-refractivity contribution in [1.29, 1.82) is 0 Å². The van der Waals surface area contributed by atoms with Gasteiger partial charge < -0.3 is 14.2 Å². The van der Waals surface area contributed by atoms with E-state index in [-0.39, 0.29) is 6.09 Å². The lowest BCUT2D eigenvalue weighted by molar-refractivity contribution is 0.111. The third-order valence-corrected chi connectivity index (χ3v) is 5.53. The first-order chi connectivity index (χ1) is 15.0. The molecule has 1 fully saturated rings. The summed E-state index contributed by atoms with van der Waals surface area (Å²) in [5.74, 6) is 0.573. The molecule has 3 aromatic rings. The molecule has 0 bridgehead atoms. The van der Waals surface area contributed by atoms with E-state index < -0.39 is 0 Å².